The summed E-state index contributed by atoms with van der Waals surface area (Å²) >= 11 is 0. The molecule has 2 heterocycles. The van der Waals surface area contributed by atoms with Crippen LogP contribution >= 0.6 is 0 Å². The molecule has 0 radical (unpaired) electrons. The molecule has 1 saturated heterocycles. The van der Waals surface area contributed by atoms with Gasteiger partial charge in [0, 0.05) is 31.1 Å². The summed E-state index contributed by atoms with van der Waals surface area (Å²) in [6, 6.07) is 41.1. The van der Waals surface area contributed by atoms with Crippen LogP contribution in [0.25, 0.3) is 22.2 Å². The average molecular weight is 709 g/mol. The van der Waals surface area contributed by atoms with Gasteiger partial charge in [-0.15, -0.1) is 0 Å². The van der Waals surface area contributed by atoms with Gasteiger partial charge in [-0.25, -0.2) is 4.98 Å². The van der Waals surface area contributed by atoms with Crippen molar-refractivity contribution in [3.63, 3.8) is 0 Å². The van der Waals surface area contributed by atoms with Crippen LogP contribution in [0.4, 0.5) is 0 Å². The van der Waals surface area contributed by atoms with Gasteiger partial charge in [-0.05, 0) is 59.5 Å². The second-order valence-corrected chi connectivity index (χ2v) is 13.6. The summed E-state index contributed by atoms with van der Waals surface area (Å²) in [7, 11) is 2.01. The molecule has 0 aliphatic carbocycles. The van der Waals surface area contributed by atoms with Crippen molar-refractivity contribution >= 4 is 16.9 Å². The number of carbonyl (C=O) groups excluding carboxylic acids is 1. The van der Waals surface area contributed by atoms with Crippen LogP contribution in [0.5, 0.6) is 0 Å². The monoisotopic (exact) mass is 708 g/mol. The van der Waals surface area contributed by atoms with Crippen molar-refractivity contribution in [3.05, 3.63) is 167 Å². The zero-order valence-electron chi connectivity index (χ0n) is 29.9. The molecule has 9 nitrogen and oxygen atoms in total. The number of likely N-dealkylation sites (N-methyl/N-ethyl adjacent to an activating group) is 1. The number of ether oxygens (including phenoxy) is 2. The Hall–Kier alpha value is -5.29. The van der Waals surface area contributed by atoms with E-state index in [9.17, 15) is 15.0 Å². The topological polar surface area (TPSA) is 117 Å². The van der Waals surface area contributed by atoms with Crippen molar-refractivity contribution in [2.24, 2.45) is 0 Å². The Balaban J connectivity index is 1.07. The maximum atomic E-state index is 13.1. The lowest BCUT2D eigenvalue weighted by molar-refractivity contribution is -0.253. The third kappa shape index (κ3) is 8.52. The van der Waals surface area contributed by atoms with Crippen LogP contribution in [0.2, 0.25) is 0 Å². The number of fused-ring (bicyclic) bond motifs is 1. The first kappa shape index (κ1) is 36.1. The predicted octanol–water partition coefficient (Wildman–Crippen LogP) is 7.32. The fourth-order valence-electron chi connectivity index (χ4n) is 6.80. The summed E-state index contributed by atoms with van der Waals surface area (Å²) in [5.41, 5.74) is 8.27. The van der Waals surface area contributed by atoms with Gasteiger partial charge in [0.1, 0.15) is 5.69 Å². The highest BCUT2D eigenvalue weighted by Gasteiger charge is 2.34. The van der Waals surface area contributed by atoms with Gasteiger partial charge in [0.2, 0.25) is 0 Å². The first-order valence-corrected chi connectivity index (χ1v) is 18.0. The van der Waals surface area contributed by atoms with E-state index in [4.69, 9.17) is 9.47 Å². The van der Waals surface area contributed by atoms with E-state index in [0.717, 1.165) is 44.5 Å². The first-order valence-electron chi connectivity index (χ1n) is 18.0. The van der Waals surface area contributed by atoms with Crippen molar-refractivity contribution in [2.45, 2.75) is 57.1 Å². The van der Waals surface area contributed by atoms with Gasteiger partial charge in [0.15, 0.2) is 6.29 Å². The Labute approximate surface area is 309 Å². The lowest BCUT2D eigenvalue weighted by Gasteiger charge is -2.39. The summed E-state index contributed by atoms with van der Waals surface area (Å²) in [5, 5.41) is 23.7. The van der Waals surface area contributed by atoms with Gasteiger partial charge in [0.25, 0.3) is 5.91 Å². The zero-order valence-corrected chi connectivity index (χ0v) is 29.9. The smallest absolute Gasteiger partial charge is 0.271 e. The lowest BCUT2D eigenvalue weighted by atomic mass is 9.97. The van der Waals surface area contributed by atoms with Gasteiger partial charge in [-0.1, -0.05) is 115 Å². The van der Waals surface area contributed by atoms with E-state index in [-0.39, 0.29) is 36.5 Å². The maximum absolute atomic E-state index is 13.1. The number of carbonyl (C=O) groups is 1. The molecule has 1 aliphatic heterocycles. The normalized spacial score (nSPS) is 18.5. The number of nitrogens with zero attached hydrogens (tertiary/aromatic N) is 3. The highest BCUT2D eigenvalue weighted by atomic mass is 16.7. The summed E-state index contributed by atoms with van der Waals surface area (Å²) in [6.45, 7) is 2.92. The van der Waals surface area contributed by atoms with Crippen molar-refractivity contribution < 1.29 is 24.5 Å². The molecule has 0 saturated carbocycles. The molecule has 0 bridgehead atoms. The Bertz CT molecular complexity index is 2130. The first-order chi connectivity index (χ1) is 25.9. The van der Waals surface area contributed by atoms with E-state index < -0.39 is 12.4 Å². The number of benzene rings is 5. The molecular formula is C44H44N4O5. The van der Waals surface area contributed by atoms with E-state index in [0.29, 0.717) is 25.0 Å². The number of para-hydroxylation sites is 2. The Kier molecular flexibility index (Phi) is 11.3. The molecule has 53 heavy (non-hydrogen) atoms. The molecule has 0 spiro atoms. The molecule has 1 aliphatic rings. The largest absolute Gasteiger partial charge is 0.392 e. The van der Waals surface area contributed by atoms with Crippen LogP contribution in [0.15, 0.2) is 134 Å². The van der Waals surface area contributed by atoms with Crippen molar-refractivity contribution in [1.82, 2.24) is 20.2 Å². The van der Waals surface area contributed by atoms with E-state index in [2.05, 4.69) is 32.3 Å². The third-order valence-electron chi connectivity index (χ3n) is 10.0. The van der Waals surface area contributed by atoms with Crippen molar-refractivity contribution in [1.29, 1.82) is 0 Å². The molecule has 5 atom stereocenters. The van der Waals surface area contributed by atoms with Crippen LogP contribution < -0.4 is 5.32 Å². The number of aliphatic hydroxyl groups excluding tert-OH is 2. The summed E-state index contributed by atoms with van der Waals surface area (Å²) < 4.78 is 13.2. The molecule has 1 fully saturated rings. The minimum absolute atomic E-state index is 0.0203. The van der Waals surface area contributed by atoms with Gasteiger partial charge in [0.05, 0.1) is 42.1 Å². The van der Waals surface area contributed by atoms with Gasteiger partial charge >= 0.3 is 0 Å². The second kappa shape index (κ2) is 16.6. The maximum Gasteiger partial charge on any atom is 0.271 e. The SMILES string of the molecule is C[C@H]([C@@H](O)c1ccccc1)N(C)C[C@@H]1C[C@H](c2ccc(CO)cc2)O[C@H](c2ccc(-c3ccccc3CNC(=O)c3cnc4ccccc4n3)cc2)O1. The highest BCUT2D eigenvalue weighted by Crippen LogP contribution is 2.39. The average Bonchev–Trinajstić information content (AvgIpc) is 3.22. The van der Waals surface area contributed by atoms with E-state index >= 15 is 0 Å². The van der Waals surface area contributed by atoms with Crippen molar-refractivity contribution in [3.8, 4) is 11.1 Å². The van der Waals surface area contributed by atoms with Crippen LogP contribution in [-0.2, 0) is 22.6 Å². The summed E-state index contributed by atoms with van der Waals surface area (Å²) in [5.74, 6) is -0.287. The molecule has 0 unspecified atom stereocenters. The van der Waals surface area contributed by atoms with Crippen LogP contribution in [0.1, 0.15) is 70.1 Å². The van der Waals surface area contributed by atoms with Gasteiger partial charge in [-0.3, -0.25) is 14.7 Å². The predicted molar refractivity (Wildman–Crippen MR) is 205 cm³/mol. The van der Waals surface area contributed by atoms with Gasteiger partial charge in [-0.2, -0.15) is 0 Å². The third-order valence-corrected chi connectivity index (χ3v) is 10.0. The number of hydrogen-bond donors (Lipinski definition) is 3. The fourth-order valence-corrected chi connectivity index (χ4v) is 6.80. The Morgan fingerprint density at radius 1 is 0.849 bits per heavy atom. The Morgan fingerprint density at radius 2 is 1.53 bits per heavy atom. The van der Waals surface area contributed by atoms with E-state index in [1.165, 1.54) is 6.20 Å². The minimum Gasteiger partial charge on any atom is -0.392 e. The fraction of sp³-hybridized carbons (Fsp3) is 0.250. The van der Waals surface area contributed by atoms with Crippen LogP contribution in [0, 0.1) is 0 Å². The molecular weight excluding hydrogens is 665 g/mol. The lowest BCUT2D eigenvalue weighted by Crippen LogP contribution is -2.43. The molecule has 1 amide bonds. The van der Waals surface area contributed by atoms with Crippen LogP contribution in [-0.4, -0.2) is 56.7 Å². The Morgan fingerprint density at radius 3 is 2.28 bits per heavy atom. The van der Waals surface area contributed by atoms with E-state index in [1.807, 2.05) is 129 Å². The molecule has 270 valence electrons. The van der Waals surface area contributed by atoms with E-state index in [1.54, 1.807) is 0 Å². The summed E-state index contributed by atoms with van der Waals surface area (Å²) in [4.78, 5) is 24.1. The number of aromatic nitrogens is 2. The van der Waals surface area contributed by atoms with Gasteiger partial charge < -0.3 is 25.0 Å². The summed E-state index contributed by atoms with van der Waals surface area (Å²) in [6.07, 6.45) is 0.466. The number of hydrogen-bond acceptors (Lipinski definition) is 8. The molecule has 9 heteroatoms. The van der Waals surface area contributed by atoms with Crippen molar-refractivity contribution in [2.75, 3.05) is 13.6 Å². The number of amides is 1. The zero-order chi connectivity index (χ0) is 36.7. The number of nitrogens with one attached hydrogen (secondary N) is 1. The number of aliphatic hydroxyl groups is 2. The minimum atomic E-state index is -0.644. The van der Waals surface area contributed by atoms with Crippen LogP contribution in [0.3, 0.4) is 0 Å². The molecule has 6 aromatic rings. The molecule has 7 rings (SSSR count). The second-order valence-electron chi connectivity index (χ2n) is 13.6. The quantitative estimate of drug-likeness (QED) is 0.121. The highest BCUT2D eigenvalue weighted by molar-refractivity contribution is 5.93. The molecule has 3 N–H and O–H groups in total. The molecule has 5 aromatic carbocycles. The molecule has 1 aromatic heterocycles. The number of rotatable bonds is 12. The standard InChI is InChI=1S/C44H44N4O5/c1-29(42(50)33-10-4-3-5-11-33)48(2)27-36-24-41(32-18-16-30(28-49)17-19-32)53-44(52-36)34-22-20-31(21-23-34)37-13-7-6-12-35(37)25-46-43(51)40-26-45-38-14-8-9-15-39(38)47-40/h3-23,26,29,36,41-42,44,49-50H,24-25,27-28H2,1-2H3,(H,46,51)/t29-,36+,41-,42-,44-/m1/s1.